The third kappa shape index (κ3) is 4.85. The van der Waals surface area contributed by atoms with E-state index in [0.29, 0.717) is 13.1 Å². The fourth-order valence-electron chi connectivity index (χ4n) is 3.25. The summed E-state index contributed by atoms with van der Waals surface area (Å²) in [6.45, 7) is 3.08. The van der Waals surface area contributed by atoms with Crippen molar-refractivity contribution in [3.8, 4) is 0 Å². The quantitative estimate of drug-likeness (QED) is 0.781. The summed E-state index contributed by atoms with van der Waals surface area (Å²) in [5.41, 5.74) is 0.845. The van der Waals surface area contributed by atoms with Gasteiger partial charge in [-0.3, -0.25) is 14.4 Å². The Labute approximate surface area is 147 Å². The van der Waals surface area contributed by atoms with Crippen molar-refractivity contribution in [1.82, 2.24) is 25.2 Å². The van der Waals surface area contributed by atoms with Crippen molar-refractivity contribution in [1.29, 1.82) is 0 Å². The zero-order valence-electron chi connectivity index (χ0n) is 14.3. The lowest BCUT2D eigenvalue weighted by Gasteiger charge is -2.34. The zero-order chi connectivity index (χ0) is 17.5. The smallest absolute Gasteiger partial charge is 0.241 e. The fraction of sp³-hybridized carbons (Fsp3) is 0.500. The lowest BCUT2D eigenvalue weighted by molar-refractivity contribution is -0.127. The van der Waals surface area contributed by atoms with E-state index in [2.05, 4.69) is 20.5 Å². The molecule has 3 rings (SSSR count). The van der Waals surface area contributed by atoms with Crippen molar-refractivity contribution in [2.45, 2.75) is 38.3 Å². The standard InChI is InChI=1S/C18H24FN5O/c19-16-7-5-15(6-8-16)17(23-11-2-1-3-12-23)18(25)20-9-4-13-24-14-10-21-22-24/h5-8,10,14,17H,1-4,9,11-13H2,(H,20,25)/t17-/m0/s1. The van der Waals surface area contributed by atoms with Crippen molar-refractivity contribution < 1.29 is 9.18 Å². The minimum Gasteiger partial charge on any atom is -0.354 e. The van der Waals surface area contributed by atoms with Crippen molar-refractivity contribution in [2.75, 3.05) is 19.6 Å². The van der Waals surface area contributed by atoms with Crippen LogP contribution in [0.5, 0.6) is 0 Å². The summed E-state index contributed by atoms with van der Waals surface area (Å²) in [6, 6.07) is 5.91. The molecule has 134 valence electrons. The van der Waals surface area contributed by atoms with Gasteiger partial charge in [-0.1, -0.05) is 23.8 Å². The highest BCUT2D eigenvalue weighted by Crippen LogP contribution is 2.25. The number of piperidine rings is 1. The molecule has 1 aliphatic heterocycles. The molecule has 0 spiro atoms. The van der Waals surface area contributed by atoms with E-state index >= 15 is 0 Å². The summed E-state index contributed by atoms with van der Waals surface area (Å²) in [5, 5.41) is 10.7. The lowest BCUT2D eigenvalue weighted by atomic mass is 10.0. The van der Waals surface area contributed by atoms with E-state index in [4.69, 9.17) is 0 Å². The molecule has 1 saturated heterocycles. The number of halogens is 1. The molecule has 1 aliphatic rings. The lowest BCUT2D eigenvalue weighted by Crippen LogP contribution is -2.43. The van der Waals surface area contributed by atoms with Crippen LogP contribution in [-0.2, 0) is 11.3 Å². The maximum absolute atomic E-state index is 13.2. The normalized spacial score (nSPS) is 16.5. The van der Waals surface area contributed by atoms with Gasteiger partial charge in [0.25, 0.3) is 0 Å². The Hall–Kier alpha value is -2.28. The van der Waals surface area contributed by atoms with E-state index < -0.39 is 0 Å². The topological polar surface area (TPSA) is 63.1 Å². The molecule has 6 nitrogen and oxygen atoms in total. The van der Waals surface area contributed by atoms with E-state index in [9.17, 15) is 9.18 Å². The van der Waals surface area contributed by atoms with Crippen LogP contribution in [0.25, 0.3) is 0 Å². The molecule has 1 N–H and O–H groups in total. The number of nitrogens with one attached hydrogen (secondary N) is 1. The summed E-state index contributed by atoms with van der Waals surface area (Å²) >= 11 is 0. The number of amides is 1. The number of hydrogen-bond acceptors (Lipinski definition) is 4. The molecule has 1 fully saturated rings. The number of likely N-dealkylation sites (tertiary alicyclic amines) is 1. The molecule has 25 heavy (non-hydrogen) atoms. The van der Waals surface area contributed by atoms with E-state index in [1.807, 2.05) is 0 Å². The number of nitrogens with zero attached hydrogens (tertiary/aromatic N) is 4. The average molecular weight is 345 g/mol. The number of benzene rings is 1. The second-order valence-electron chi connectivity index (χ2n) is 6.36. The van der Waals surface area contributed by atoms with Crippen LogP contribution in [-0.4, -0.2) is 45.4 Å². The monoisotopic (exact) mass is 345 g/mol. The molecule has 0 unspecified atom stereocenters. The van der Waals surface area contributed by atoms with Crippen LogP contribution in [0.3, 0.4) is 0 Å². The first-order valence-corrected chi connectivity index (χ1v) is 8.85. The molecule has 1 amide bonds. The Balaban J connectivity index is 1.61. The molecule has 2 aromatic rings. The van der Waals surface area contributed by atoms with E-state index in [1.54, 1.807) is 29.2 Å². The second kappa shape index (κ2) is 8.71. The summed E-state index contributed by atoms with van der Waals surface area (Å²) in [4.78, 5) is 15.0. The number of hydrogen-bond donors (Lipinski definition) is 1. The minimum absolute atomic E-state index is 0.0212. The first-order chi connectivity index (χ1) is 12.2. The van der Waals surface area contributed by atoms with Gasteiger partial charge >= 0.3 is 0 Å². The third-order valence-corrected chi connectivity index (χ3v) is 4.53. The maximum atomic E-state index is 13.2. The summed E-state index contributed by atoms with van der Waals surface area (Å²) in [5.74, 6) is -0.304. The van der Waals surface area contributed by atoms with Gasteiger partial charge in [0.15, 0.2) is 0 Å². The third-order valence-electron chi connectivity index (χ3n) is 4.53. The Morgan fingerprint density at radius 2 is 1.96 bits per heavy atom. The average Bonchev–Trinajstić information content (AvgIpc) is 3.15. The first kappa shape index (κ1) is 17.5. The Morgan fingerprint density at radius 1 is 1.20 bits per heavy atom. The predicted octanol–water partition coefficient (Wildman–Crippen LogP) is 2.15. The van der Waals surface area contributed by atoms with Crippen LogP contribution in [0, 0.1) is 5.82 Å². The van der Waals surface area contributed by atoms with Gasteiger partial charge in [-0.15, -0.1) is 5.10 Å². The first-order valence-electron chi connectivity index (χ1n) is 8.85. The summed E-state index contributed by atoms with van der Waals surface area (Å²) < 4.78 is 15.0. The molecule has 0 radical (unpaired) electrons. The van der Waals surface area contributed by atoms with Crippen LogP contribution in [0.2, 0.25) is 0 Å². The SMILES string of the molecule is O=C(NCCCn1ccnn1)[C@H](c1ccc(F)cc1)N1CCCCC1. The van der Waals surface area contributed by atoms with Gasteiger partial charge < -0.3 is 5.32 Å². The highest BCUT2D eigenvalue weighted by molar-refractivity contribution is 5.83. The molecule has 1 aromatic carbocycles. The van der Waals surface area contributed by atoms with E-state index in [1.165, 1.54) is 18.6 Å². The number of aryl methyl sites for hydroxylation is 1. The highest BCUT2D eigenvalue weighted by atomic mass is 19.1. The predicted molar refractivity (Wildman–Crippen MR) is 92.2 cm³/mol. The van der Waals surface area contributed by atoms with Gasteiger partial charge in [-0.2, -0.15) is 0 Å². The van der Waals surface area contributed by atoms with Crippen LogP contribution >= 0.6 is 0 Å². The van der Waals surface area contributed by atoms with Crippen molar-refractivity contribution in [3.05, 3.63) is 48.0 Å². The second-order valence-corrected chi connectivity index (χ2v) is 6.36. The molecule has 2 heterocycles. The number of aromatic nitrogens is 3. The molecule has 1 atom stereocenters. The van der Waals surface area contributed by atoms with Gasteiger partial charge in [0.1, 0.15) is 11.9 Å². The highest BCUT2D eigenvalue weighted by Gasteiger charge is 2.28. The van der Waals surface area contributed by atoms with Crippen LogP contribution in [0.1, 0.15) is 37.3 Å². The van der Waals surface area contributed by atoms with E-state index in [-0.39, 0.29) is 17.8 Å². The van der Waals surface area contributed by atoms with Gasteiger partial charge in [-0.25, -0.2) is 4.39 Å². The van der Waals surface area contributed by atoms with Gasteiger partial charge in [0.2, 0.25) is 5.91 Å². The van der Waals surface area contributed by atoms with E-state index in [0.717, 1.165) is 37.9 Å². The molecule has 1 aromatic heterocycles. The molecule has 0 aliphatic carbocycles. The molecule has 7 heteroatoms. The number of carbonyl (C=O) groups is 1. The fourth-order valence-corrected chi connectivity index (χ4v) is 3.25. The van der Waals surface area contributed by atoms with Crippen molar-refractivity contribution in [2.24, 2.45) is 0 Å². The minimum atomic E-state index is -0.354. The van der Waals surface area contributed by atoms with Gasteiger partial charge in [0, 0.05) is 19.3 Å². The molecular formula is C18H24FN5O. The molecular weight excluding hydrogens is 321 g/mol. The Morgan fingerprint density at radius 3 is 2.64 bits per heavy atom. The number of carbonyl (C=O) groups excluding carboxylic acids is 1. The number of rotatable bonds is 7. The summed E-state index contributed by atoms with van der Waals surface area (Å²) in [6.07, 6.45) is 7.61. The zero-order valence-corrected chi connectivity index (χ0v) is 14.3. The van der Waals surface area contributed by atoms with Crippen molar-refractivity contribution >= 4 is 5.91 Å². The maximum Gasteiger partial charge on any atom is 0.241 e. The molecule has 0 saturated carbocycles. The largest absolute Gasteiger partial charge is 0.354 e. The Kier molecular flexibility index (Phi) is 6.11. The van der Waals surface area contributed by atoms with Crippen LogP contribution in [0.4, 0.5) is 4.39 Å². The van der Waals surface area contributed by atoms with Gasteiger partial charge in [0.05, 0.1) is 6.20 Å². The summed E-state index contributed by atoms with van der Waals surface area (Å²) in [7, 11) is 0. The van der Waals surface area contributed by atoms with Gasteiger partial charge in [-0.05, 0) is 50.0 Å². The van der Waals surface area contributed by atoms with Crippen LogP contribution in [0.15, 0.2) is 36.7 Å². The van der Waals surface area contributed by atoms with Crippen molar-refractivity contribution in [3.63, 3.8) is 0 Å². The Bertz CT molecular complexity index is 653. The molecule has 0 bridgehead atoms. The van der Waals surface area contributed by atoms with Crippen LogP contribution < -0.4 is 5.32 Å².